The van der Waals surface area contributed by atoms with Crippen molar-refractivity contribution in [3.05, 3.63) is 68.7 Å². The number of nitro groups is 1. The maximum absolute atomic E-state index is 12.3. The Kier molecular flexibility index (Phi) is 5.88. The van der Waals surface area contributed by atoms with Gasteiger partial charge in [-0.15, -0.1) is 0 Å². The van der Waals surface area contributed by atoms with E-state index in [0.29, 0.717) is 11.7 Å². The molecule has 0 heterocycles. The molecule has 0 saturated heterocycles. The van der Waals surface area contributed by atoms with Gasteiger partial charge in [-0.1, -0.05) is 34.5 Å². The summed E-state index contributed by atoms with van der Waals surface area (Å²) < 4.78 is 6.45. The Balaban J connectivity index is 1.59. The van der Waals surface area contributed by atoms with Crippen molar-refractivity contribution >= 4 is 27.5 Å². The van der Waals surface area contributed by atoms with Gasteiger partial charge in [0.1, 0.15) is 5.75 Å². The standard InChI is InChI=1S/C19H19BrN2O4/c20-15-6-4-14(5-7-15)19(13-2-1-3-13)21-18(23)12-26-17-10-8-16(9-11-17)22(24)25/h4-11,13,19H,1-3,12H2,(H,21,23). The van der Waals surface area contributed by atoms with E-state index < -0.39 is 4.92 Å². The summed E-state index contributed by atoms with van der Waals surface area (Å²) in [5.41, 5.74) is 1.07. The Labute approximate surface area is 159 Å². The van der Waals surface area contributed by atoms with Crippen LogP contribution < -0.4 is 10.1 Å². The first kappa shape index (κ1) is 18.4. The van der Waals surface area contributed by atoms with E-state index in [4.69, 9.17) is 4.74 Å². The molecule has 0 aromatic heterocycles. The molecule has 7 heteroatoms. The van der Waals surface area contributed by atoms with Gasteiger partial charge in [0.25, 0.3) is 11.6 Å². The number of non-ortho nitro benzene ring substituents is 1. The average molecular weight is 419 g/mol. The van der Waals surface area contributed by atoms with E-state index in [1.807, 2.05) is 24.3 Å². The number of rotatable bonds is 7. The second-order valence-corrected chi connectivity index (χ2v) is 7.24. The van der Waals surface area contributed by atoms with Crippen molar-refractivity contribution < 1.29 is 14.5 Å². The van der Waals surface area contributed by atoms with Gasteiger partial charge >= 0.3 is 0 Å². The highest BCUT2D eigenvalue weighted by Crippen LogP contribution is 2.38. The molecule has 1 atom stereocenters. The molecule has 2 aromatic rings. The van der Waals surface area contributed by atoms with Crippen molar-refractivity contribution in [2.45, 2.75) is 25.3 Å². The summed E-state index contributed by atoms with van der Waals surface area (Å²) in [6, 6.07) is 13.6. The van der Waals surface area contributed by atoms with Crippen LogP contribution in [0.1, 0.15) is 30.9 Å². The second-order valence-electron chi connectivity index (χ2n) is 6.33. The molecule has 2 aromatic carbocycles. The SMILES string of the molecule is O=C(COc1ccc([N+](=O)[O-])cc1)NC(c1ccc(Br)cc1)C1CCC1. The maximum Gasteiger partial charge on any atom is 0.269 e. The van der Waals surface area contributed by atoms with Gasteiger partial charge in [0.2, 0.25) is 0 Å². The normalized spacial score (nSPS) is 15.0. The Hall–Kier alpha value is -2.41. The number of carbonyl (C=O) groups is 1. The number of ether oxygens (including phenoxy) is 1. The van der Waals surface area contributed by atoms with Crippen LogP contribution in [0.25, 0.3) is 0 Å². The third-order valence-electron chi connectivity index (χ3n) is 4.58. The fraction of sp³-hybridized carbons (Fsp3) is 0.316. The minimum Gasteiger partial charge on any atom is -0.484 e. The van der Waals surface area contributed by atoms with Gasteiger partial charge in [-0.2, -0.15) is 0 Å². The number of nitrogens with zero attached hydrogens (tertiary/aromatic N) is 1. The van der Waals surface area contributed by atoms with Crippen molar-refractivity contribution in [1.29, 1.82) is 0 Å². The number of halogens is 1. The van der Waals surface area contributed by atoms with Crippen LogP contribution in [0, 0.1) is 16.0 Å². The largest absolute Gasteiger partial charge is 0.484 e. The van der Waals surface area contributed by atoms with Gasteiger partial charge in [-0.25, -0.2) is 0 Å². The van der Waals surface area contributed by atoms with Gasteiger partial charge in [0, 0.05) is 16.6 Å². The molecule has 0 aliphatic heterocycles. The van der Waals surface area contributed by atoms with Crippen LogP contribution in [-0.2, 0) is 4.79 Å². The zero-order valence-corrected chi connectivity index (χ0v) is 15.6. The number of benzene rings is 2. The molecule has 0 radical (unpaired) electrons. The number of amides is 1. The fourth-order valence-corrected chi connectivity index (χ4v) is 3.21. The number of nitro benzene ring substituents is 1. The number of carbonyl (C=O) groups excluding carboxylic acids is 1. The molecule has 136 valence electrons. The van der Waals surface area contributed by atoms with Crippen LogP contribution in [0.2, 0.25) is 0 Å². The van der Waals surface area contributed by atoms with Crippen LogP contribution in [0.15, 0.2) is 53.0 Å². The zero-order valence-electron chi connectivity index (χ0n) is 14.1. The van der Waals surface area contributed by atoms with Crippen molar-refractivity contribution in [1.82, 2.24) is 5.32 Å². The number of hydrogen-bond acceptors (Lipinski definition) is 4. The average Bonchev–Trinajstić information content (AvgIpc) is 2.59. The molecule has 1 N–H and O–H groups in total. The molecule has 1 aliphatic carbocycles. The molecule has 1 saturated carbocycles. The summed E-state index contributed by atoms with van der Waals surface area (Å²) in [6.07, 6.45) is 3.39. The monoisotopic (exact) mass is 418 g/mol. The molecule has 6 nitrogen and oxygen atoms in total. The highest BCUT2D eigenvalue weighted by Gasteiger charge is 2.29. The molecular weight excluding hydrogens is 400 g/mol. The van der Waals surface area contributed by atoms with Crippen molar-refractivity contribution in [3.63, 3.8) is 0 Å². The first-order chi connectivity index (χ1) is 12.5. The van der Waals surface area contributed by atoms with Crippen molar-refractivity contribution in [3.8, 4) is 5.75 Å². The molecule has 1 unspecified atom stereocenters. The Morgan fingerprint density at radius 3 is 2.38 bits per heavy atom. The smallest absolute Gasteiger partial charge is 0.269 e. The Bertz CT molecular complexity index is 773. The first-order valence-corrected chi connectivity index (χ1v) is 9.24. The predicted octanol–water partition coefficient (Wildman–Crippen LogP) is 4.39. The van der Waals surface area contributed by atoms with Gasteiger partial charge in [0.05, 0.1) is 11.0 Å². The lowest BCUT2D eigenvalue weighted by Crippen LogP contribution is -2.38. The molecule has 0 spiro atoms. The summed E-state index contributed by atoms with van der Waals surface area (Å²) in [7, 11) is 0. The molecule has 1 fully saturated rings. The fourth-order valence-electron chi connectivity index (χ4n) is 2.94. The summed E-state index contributed by atoms with van der Waals surface area (Å²) >= 11 is 3.43. The van der Waals surface area contributed by atoms with Crippen LogP contribution in [-0.4, -0.2) is 17.4 Å². The first-order valence-electron chi connectivity index (χ1n) is 8.45. The van der Waals surface area contributed by atoms with Gasteiger partial charge in [0.15, 0.2) is 6.61 Å². The minimum atomic E-state index is -0.474. The highest BCUT2D eigenvalue weighted by atomic mass is 79.9. The van der Waals surface area contributed by atoms with Crippen LogP contribution in [0.5, 0.6) is 5.75 Å². The Morgan fingerprint density at radius 1 is 1.19 bits per heavy atom. The number of nitrogens with one attached hydrogen (secondary N) is 1. The lowest BCUT2D eigenvalue weighted by atomic mass is 9.77. The number of hydrogen-bond donors (Lipinski definition) is 1. The summed E-state index contributed by atoms with van der Waals surface area (Å²) in [5, 5.41) is 13.7. The van der Waals surface area contributed by atoms with E-state index in [0.717, 1.165) is 22.9 Å². The van der Waals surface area contributed by atoms with Gasteiger partial charge < -0.3 is 10.1 Å². The lowest BCUT2D eigenvalue weighted by Gasteiger charge is -2.34. The van der Waals surface area contributed by atoms with Crippen LogP contribution >= 0.6 is 15.9 Å². The van der Waals surface area contributed by atoms with Crippen LogP contribution in [0.3, 0.4) is 0 Å². The quantitative estimate of drug-likeness (QED) is 0.533. The molecule has 1 amide bonds. The van der Waals surface area contributed by atoms with E-state index in [9.17, 15) is 14.9 Å². The predicted molar refractivity (Wildman–Crippen MR) is 101 cm³/mol. The van der Waals surface area contributed by atoms with E-state index >= 15 is 0 Å². The van der Waals surface area contributed by atoms with E-state index in [2.05, 4.69) is 21.2 Å². The third-order valence-corrected chi connectivity index (χ3v) is 5.11. The molecule has 1 aliphatic rings. The third kappa shape index (κ3) is 4.60. The zero-order chi connectivity index (χ0) is 18.5. The maximum atomic E-state index is 12.3. The highest BCUT2D eigenvalue weighted by molar-refractivity contribution is 9.10. The minimum absolute atomic E-state index is 0.0120. The molecule has 0 bridgehead atoms. The van der Waals surface area contributed by atoms with E-state index in [-0.39, 0.29) is 24.2 Å². The van der Waals surface area contributed by atoms with Crippen LogP contribution in [0.4, 0.5) is 5.69 Å². The summed E-state index contributed by atoms with van der Waals surface area (Å²) in [5.74, 6) is 0.664. The van der Waals surface area contributed by atoms with Crippen molar-refractivity contribution in [2.75, 3.05) is 6.61 Å². The van der Waals surface area contributed by atoms with Crippen molar-refractivity contribution in [2.24, 2.45) is 5.92 Å². The Morgan fingerprint density at radius 2 is 1.85 bits per heavy atom. The van der Waals surface area contributed by atoms with Gasteiger partial charge in [-0.05, 0) is 48.6 Å². The molecule has 3 rings (SSSR count). The molecule has 26 heavy (non-hydrogen) atoms. The summed E-state index contributed by atoms with van der Waals surface area (Å²) in [6.45, 7) is -0.127. The second kappa shape index (κ2) is 8.31. The summed E-state index contributed by atoms with van der Waals surface area (Å²) in [4.78, 5) is 22.5. The lowest BCUT2D eigenvalue weighted by molar-refractivity contribution is -0.384. The van der Waals surface area contributed by atoms with Gasteiger partial charge in [-0.3, -0.25) is 14.9 Å². The van der Waals surface area contributed by atoms with E-state index in [1.54, 1.807) is 0 Å². The topological polar surface area (TPSA) is 81.5 Å². The molecular formula is C19H19BrN2O4. The van der Waals surface area contributed by atoms with E-state index in [1.165, 1.54) is 30.7 Å².